The molecule has 5 rings (SSSR count). The van der Waals surface area contributed by atoms with Gasteiger partial charge in [0.2, 0.25) is 5.75 Å². The SMILES string of the molecule is COc1cc(-c2nc3c(cnn3-c3ccccc3)c(=O)n2C(C)c2ccccc2)cc(OC)c1OC. The first-order valence-electron chi connectivity index (χ1n) is 11.5. The molecule has 0 saturated carbocycles. The summed E-state index contributed by atoms with van der Waals surface area (Å²) in [5.41, 5.74) is 2.70. The fraction of sp³-hybridized carbons (Fsp3) is 0.179. The number of para-hydroxylation sites is 1. The summed E-state index contributed by atoms with van der Waals surface area (Å²) in [5.74, 6) is 1.86. The van der Waals surface area contributed by atoms with E-state index in [9.17, 15) is 4.79 Å². The van der Waals surface area contributed by atoms with Crippen LogP contribution in [0.4, 0.5) is 0 Å². The van der Waals surface area contributed by atoms with Crippen LogP contribution in [0, 0.1) is 0 Å². The number of hydrogen-bond donors (Lipinski definition) is 0. The highest BCUT2D eigenvalue weighted by Crippen LogP contribution is 2.41. The van der Waals surface area contributed by atoms with Crippen LogP contribution in [0.5, 0.6) is 17.2 Å². The van der Waals surface area contributed by atoms with Gasteiger partial charge in [0.1, 0.15) is 11.2 Å². The smallest absolute Gasteiger partial charge is 0.265 e. The number of fused-ring (bicyclic) bond motifs is 1. The number of ether oxygens (including phenoxy) is 3. The molecule has 0 spiro atoms. The molecule has 0 saturated heterocycles. The van der Waals surface area contributed by atoms with E-state index in [0.717, 1.165) is 11.3 Å². The van der Waals surface area contributed by atoms with Gasteiger partial charge in [-0.15, -0.1) is 0 Å². The van der Waals surface area contributed by atoms with E-state index < -0.39 is 0 Å². The van der Waals surface area contributed by atoms with E-state index in [1.807, 2.05) is 67.6 Å². The molecular formula is C28H26N4O4. The van der Waals surface area contributed by atoms with Crippen molar-refractivity contribution in [3.63, 3.8) is 0 Å². The van der Waals surface area contributed by atoms with Crippen LogP contribution >= 0.6 is 0 Å². The van der Waals surface area contributed by atoms with E-state index in [4.69, 9.17) is 19.2 Å². The normalized spacial score (nSPS) is 11.9. The number of rotatable bonds is 7. The van der Waals surface area contributed by atoms with E-state index in [1.54, 1.807) is 48.9 Å². The van der Waals surface area contributed by atoms with Gasteiger partial charge in [-0.05, 0) is 36.8 Å². The molecule has 0 amide bonds. The monoisotopic (exact) mass is 482 g/mol. The van der Waals surface area contributed by atoms with Crippen molar-refractivity contribution in [2.24, 2.45) is 0 Å². The van der Waals surface area contributed by atoms with Gasteiger partial charge in [-0.25, -0.2) is 9.67 Å². The van der Waals surface area contributed by atoms with Crippen molar-refractivity contribution in [1.82, 2.24) is 19.3 Å². The summed E-state index contributed by atoms with van der Waals surface area (Å²) < 4.78 is 20.0. The first-order chi connectivity index (χ1) is 17.6. The molecule has 8 heteroatoms. The predicted molar refractivity (Wildman–Crippen MR) is 138 cm³/mol. The van der Waals surface area contributed by atoms with E-state index >= 15 is 0 Å². The van der Waals surface area contributed by atoms with Gasteiger partial charge in [0.15, 0.2) is 17.1 Å². The Labute approximate surface area is 208 Å². The fourth-order valence-electron chi connectivity index (χ4n) is 4.39. The Kier molecular flexibility index (Phi) is 6.16. The van der Waals surface area contributed by atoms with Crippen molar-refractivity contribution < 1.29 is 14.2 Å². The lowest BCUT2D eigenvalue weighted by atomic mass is 10.1. The third-order valence-corrected chi connectivity index (χ3v) is 6.23. The number of nitrogens with zero attached hydrogens (tertiary/aromatic N) is 4. The third kappa shape index (κ3) is 3.86. The highest BCUT2D eigenvalue weighted by molar-refractivity contribution is 5.79. The molecule has 36 heavy (non-hydrogen) atoms. The molecule has 2 heterocycles. The minimum absolute atomic E-state index is 0.192. The Hall–Kier alpha value is -4.59. The van der Waals surface area contributed by atoms with Crippen LogP contribution in [-0.2, 0) is 0 Å². The topological polar surface area (TPSA) is 80.4 Å². The Morgan fingerprint density at radius 2 is 1.44 bits per heavy atom. The summed E-state index contributed by atoms with van der Waals surface area (Å²) >= 11 is 0. The zero-order valence-corrected chi connectivity index (χ0v) is 20.5. The Morgan fingerprint density at radius 1 is 0.833 bits per heavy atom. The lowest BCUT2D eigenvalue weighted by Crippen LogP contribution is -2.27. The molecule has 0 bridgehead atoms. The van der Waals surface area contributed by atoms with Crippen LogP contribution in [-0.4, -0.2) is 40.7 Å². The van der Waals surface area contributed by atoms with E-state index in [2.05, 4.69) is 5.10 Å². The summed E-state index contributed by atoms with van der Waals surface area (Å²) in [6, 6.07) is 22.7. The predicted octanol–water partition coefficient (Wildman–Crippen LogP) is 4.88. The van der Waals surface area contributed by atoms with Gasteiger partial charge < -0.3 is 14.2 Å². The molecule has 0 fully saturated rings. The highest BCUT2D eigenvalue weighted by atomic mass is 16.5. The fourth-order valence-corrected chi connectivity index (χ4v) is 4.39. The summed E-state index contributed by atoms with van der Waals surface area (Å²) in [5, 5.41) is 4.93. The van der Waals surface area contributed by atoms with Gasteiger partial charge >= 0.3 is 0 Å². The minimum atomic E-state index is -0.301. The lowest BCUT2D eigenvalue weighted by Gasteiger charge is -2.21. The summed E-state index contributed by atoms with van der Waals surface area (Å²) in [7, 11) is 4.67. The number of hydrogen-bond acceptors (Lipinski definition) is 6. The molecule has 8 nitrogen and oxygen atoms in total. The van der Waals surface area contributed by atoms with Crippen molar-refractivity contribution in [2.75, 3.05) is 21.3 Å². The van der Waals surface area contributed by atoms with Gasteiger partial charge in [-0.2, -0.15) is 5.10 Å². The average molecular weight is 483 g/mol. The molecule has 3 aromatic carbocycles. The Bertz CT molecular complexity index is 1550. The van der Waals surface area contributed by atoms with Crippen LogP contribution in [0.15, 0.2) is 83.8 Å². The van der Waals surface area contributed by atoms with E-state index in [1.165, 1.54) is 0 Å². The van der Waals surface area contributed by atoms with Crippen LogP contribution in [0.3, 0.4) is 0 Å². The maximum absolute atomic E-state index is 14.0. The Balaban J connectivity index is 1.84. The minimum Gasteiger partial charge on any atom is -0.493 e. The van der Waals surface area contributed by atoms with Crippen molar-refractivity contribution in [1.29, 1.82) is 0 Å². The maximum atomic E-state index is 14.0. The zero-order chi connectivity index (χ0) is 25.2. The second-order valence-corrected chi connectivity index (χ2v) is 8.24. The lowest BCUT2D eigenvalue weighted by molar-refractivity contribution is 0.324. The van der Waals surface area contributed by atoms with Crippen LogP contribution in [0.25, 0.3) is 28.1 Å². The zero-order valence-electron chi connectivity index (χ0n) is 20.5. The van der Waals surface area contributed by atoms with Crippen LogP contribution in [0.2, 0.25) is 0 Å². The number of aromatic nitrogens is 4. The van der Waals surface area contributed by atoms with Gasteiger partial charge in [-0.1, -0.05) is 48.5 Å². The van der Waals surface area contributed by atoms with Gasteiger partial charge in [-0.3, -0.25) is 9.36 Å². The van der Waals surface area contributed by atoms with Gasteiger partial charge in [0.05, 0.1) is 39.3 Å². The molecule has 0 aliphatic carbocycles. The van der Waals surface area contributed by atoms with Crippen LogP contribution in [0.1, 0.15) is 18.5 Å². The van der Waals surface area contributed by atoms with Gasteiger partial charge in [0, 0.05) is 5.56 Å². The van der Waals surface area contributed by atoms with Crippen molar-refractivity contribution >= 4 is 11.0 Å². The highest BCUT2D eigenvalue weighted by Gasteiger charge is 2.24. The second-order valence-electron chi connectivity index (χ2n) is 8.24. The summed E-state index contributed by atoms with van der Waals surface area (Å²) in [6.45, 7) is 1.98. The largest absolute Gasteiger partial charge is 0.493 e. The molecule has 1 unspecified atom stereocenters. The summed E-state index contributed by atoms with van der Waals surface area (Å²) in [6.07, 6.45) is 1.57. The van der Waals surface area contributed by atoms with Gasteiger partial charge in [0.25, 0.3) is 5.56 Å². The van der Waals surface area contributed by atoms with Crippen LogP contribution < -0.4 is 19.8 Å². The molecular weight excluding hydrogens is 456 g/mol. The quantitative estimate of drug-likeness (QED) is 0.329. The molecule has 0 radical (unpaired) electrons. The van der Waals surface area contributed by atoms with E-state index in [0.29, 0.717) is 39.7 Å². The Morgan fingerprint density at radius 3 is 2.03 bits per heavy atom. The first kappa shape index (κ1) is 23.2. The molecule has 182 valence electrons. The second kappa shape index (κ2) is 9.58. The first-order valence-corrected chi connectivity index (χ1v) is 11.5. The maximum Gasteiger partial charge on any atom is 0.265 e. The van der Waals surface area contributed by atoms with E-state index in [-0.39, 0.29) is 11.6 Å². The molecule has 0 aliphatic rings. The average Bonchev–Trinajstić information content (AvgIpc) is 3.37. The van der Waals surface area contributed by atoms with Crippen molar-refractivity contribution in [3.05, 3.63) is 94.9 Å². The number of methoxy groups -OCH3 is 3. The standard InChI is InChI=1S/C28H26N4O4/c1-18(19-11-7-5-8-12-19)31-26(20-15-23(34-2)25(36-4)24(16-20)35-3)30-27-22(28(31)33)17-29-32(27)21-13-9-6-10-14-21/h5-18H,1-4H3. The van der Waals surface area contributed by atoms with Crippen molar-refractivity contribution in [3.8, 4) is 34.3 Å². The molecule has 1 atom stereocenters. The summed E-state index contributed by atoms with van der Waals surface area (Å²) in [4.78, 5) is 19.0. The third-order valence-electron chi connectivity index (χ3n) is 6.23. The molecule has 5 aromatic rings. The van der Waals surface area contributed by atoms with Crippen molar-refractivity contribution in [2.45, 2.75) is 13.0 Å². The number of benzene rings is 3. The molecule has 2 aromatic heterocycles. The molecule has 0 N–H and O–H groups in total. The molecule has 0 aliphatic heterocycles.